The topological polar surface area (TPSA) is 9.23 Å². The quantitative estimate of drug-likeness (QED) is 0.705. The summed E-state index contributed by atoms with van der Waals surface area (Å²) in [4.78, 5) is 0. The third-order valence-corrected chi connectivity index (χ3v) is 2.97. The Kier molecular flexibility index (Phi) is 1.78. The number of ether oxygens (including phenoxy) is 1. The van der Waals surface area contributed by atoms with Crippen molar-refractivity contribution in [3.05, 3.63) is 65.0 Å². The van der Waals surface area contributed by atoms with Crippen molar-refractivity contribution in [1.29, 1.82) is 0 Å². The van der Waals surface area contributed by atoms with E-state index < -0.39 is 0 Å². The van der Waals surface area contributed by atoms with Crippen molar-refractivity contribution in [1.82, 2.24) is 0 Å². The fourth-order valence-electron chi connectivity index (χ4n) is 2.23. The second-order valence-corrected chi connectivity index (χ2v) is 3.86. The maximum Gasteiger partial charge on any atom is 0.122 e. The number of allylic oxidation sites excluding steroid dienone is 5. The normalized spacial score (nSPS) is 17.9. The highest BCUT2D eigenvalue weighted by atomic mass is 16.5. The lowest BCUT2D eigenvalue weighted by atomic mass is 10.0. The van der Waals surface area contributed by atoms with Gasteiger partial charge < -0.3 is 4.74 Å². The first-order valence-corrected chi connectivity index (χ1v) is 5.13. The first kappa shape index (κ1) is 8.54. The molecule has 2 aliphatic rings. The van der Waals surface area contributed by atoms with Crippen LogP contribution in [0.3, 0.4) is 0 Å². The van der Waals surface area contributed by atoms with Gasteiger partial charge >= 0.3 is 0 Å². The van der Waals surface area contributed by atoms with Gasteiger partial charge in [0.1, 0.15) is 5.76 Å². The maximum absolute atomic E-state index is 5.29. The first-order valence-electron chi connectivity index (χ1n) is 5.13. The Bertz CT molecular complexity index is 489. The van der Waals surface area contributed by atoms with Crippen molar-refractivity contribution in [3.8, 4) is 0 Å². The Morgan fingerprint density at radius 3 is 2.47 bits per heavy atom. The van der Waals surface area contributed by atoms with Crippen molar-refractivity contribution in [2.45, 2.75) is 6.42 Å². The molecule has 2 aliphatic carbocycles. The van der Waals surface area contributed by atoms with Gasteiger partial charge in [0.2, 0.25) is 0 Å². The molecule has 15 heavy (non-hydrogen) atoms. The minimum absolute atomic E-state index is 1.03. The molecule has 0 saturated heterocycles. The van der Waals surface area contributed by atoms with Crippen LogP contribution in [0.5, 0.6) is 0 Å². The third-order valence-electron chi connectivity index (χ3n) is 2.97. The van der Waals surface area contributed by atoms with Gasteiger partial charge in [-0.05, 0) is 34.4 Å². The van der Waals surface area contributed by atoms with Gasteiger partial charge in [-0.2, -0.15) is 0 Å². The van der Waals surface area contributed by atoms with Crippen LogP contribution >= 0.6 is 0 Å². The lowest BCUT2D eigenvalue weighted by Gasteiger charge is -2.06. The number of hydrogen-bond acceptors (Lipinski definition) is 1. The molecule has 0 atom stereocenters. The molecule has 0 spiro atoms. The molecule has 0 aromatic heterocycles. The van der Waals surface area contributed by atoms with Crippen LogP contribution in [-0.4, -0.2) is 7.11 Å². The summed E-state index contributed by atoms with van der Waals surface area (Å²) in [5, 5.41) is 0. The van der Waals surface area contributed by atoms with E-state index in [9.17, 15) is 0 Å². The zero-order chi connectivity index (χ0) is 10.3. The molecule has 0 fully saturated rings. The molecule has 0 saturated carbocycles. The second kappa shape index (κ2) is 3.13. The Balaban J connectivity index is 2.06. The van der Waals surface area contributed by atoms with Gasteiger partial charge in [0.25, 0.3) is 0 Å². The predicted octanol–water partition coefficient (Wildman–Crippen LogP) is 3.31. The molecule has 2 bridgehead atoms. The van der Waals surface area contributed by atoms with Crippen LogP contribution in [0.25, 0.3) is 5.57 Å². The largest absolute Gasteiger partial charge is 0.496 e. The molecule has 1 nitrogen and oxygen atoms in total. The summed E-state index contributed by atoms with van der Waals surface area (Å²) < 4.78 is 5.29. The van der Waals surface area contributed by atoms with E-state index in [1.54, 1.807) is 7.11 Å². The minimum atomic E-state index is 1.03. The van der Waals surface area contributed by atoms with Gasteiger partial charge in [0.15, 0.2) is 0 Å². The van der Waals surface area contributed by atoms with E-state index in [1.807, 2.05) is 6.07 Å². The monoisotopic (exact) mass is 196 g/mol. The number of methoxy groups -OCH3 is 1. The third kappa shape index (κ3) is 1.23. The van der Waals surface area contributed by atoms with Crippen LogP contribution in [0.15, 0.2) is 59.4 Å². The highest BCUT2D eigenvalue weighted by Crippen LogP contribution is 2.42. The molecule has 0 N–H and O–H groups in total. The summed E-state index contributed by atoms with van der Waals surface area (Å²) in [5.41, 5.74) is 5.35. The highest BCUT2D eigenvalue weighted by molar-refractivity contribution is 5.86. The molecule has 74 valence electrons. The van der Waals surface area contributed by atoms with Gasteiger partial charge in [0, 0.05) is 6.42 Å². The van der Waals surface area contributed by atoms with E-state index in [0.29, 0.717) is 0 Å². The van der Waals surface area contributed by atoms with E-state index in [4.69, 9.17) is 4.74 Å². The van der Waals surface area contributed by atoms with Gasteiger partial charge in [-0.15, -0.1) is 0 Å². The van der Waals surface area contributed by atoms with E-state index in [0.717, 1.165) is 12.2 Å². The highest BCUT2D eigenvalue weighted by Gasteiger charge is 2.25. The Morgan fingerprint density at radius 2 is 1.87 bits per heavy atom. The molecule has 1 heteroatoms. The zero-order valence-corrected chi connectivity index (χ0v) is 8.66. The Morgan fingerprint density at radius 1 is 1.07 bits per heavy atom. The van der Waals surface area contributed by atoms with Gasteiger partial charge in [-0.25, -0.2) is 0 Å². The van der Waals surface area contributed by atoms with Gasteiger partial charge in [-0.1, -0.05) is 30.3 Å². The van der Waals surface area contributed by atoms with Crippen molar-refractivity contribution >= 4 is 5.57 Å². The molecule has 0 unspecified atom stereocenters. The predicted molar refractivity (Wildman–Crippen MR) is 61.2 cm³/mol. The van der Waals surface area contributed by atoms with Crippen LogP contribution in [0.4, 0.5) is 0 Å². The average Bonchev–Trinajstić information content (AvgIpc) is 2.89. The van der Waals surface area contributed by atoms with Crippen LogP contribution in [0.2, 0.25) is 0 Å². The maximum atomic E-state index is 5.29. The van der Waals surface area contributed by atoms with Crippen molar-refractivity contribution in [2.24, 2.45) is 0 Å². The summed E-state index contributed by atoms with van der Waals surface area (Å²) in [6.45, 7) is 0. The molecule has 0 heterocycles. The Hall–Kier alpha value is -1.76. The van der Waals surface area contributed by atoms with E-state index in [-0.39, 0.29) is 0 Å². The summed E-state index contributed by atoms with van der Waals surface area (Å²) in [6.07, 6.45) is 5.43. The number of rotatable bonds is 2. The van der Waals surface area contributed by atoms with Crippen molar-refractivity contribution in [3.63, 3.8) is 0 Å². The summed E-state index contributed by atoms with van der Waals surface area (Å²) in [7, 11) is 1.73. The van der Waals surface area contributed by atoms with E-state index in [2.05, 4.69) is 36.4 Å². The molecule has 1 aromatic carbocycles. The standard InChI is InChI=1S/C14H12O/c1-15-14-9-11-7-12(14)8-13(11)10-5-3-2-4-6-10/h2-6,8-9H,7H2,1H3. The van der Waals surface area contributed by atoms with Gasteiger partial charge in [-0.3, -0.25) is 0 Å². The minimum Gasteiger partial charge on any atom is -0.496 e. The molecule has 0 radical (unpaired) electrons. The number of fused-ring (bicyclic) bond motifs is 2. The number of benzene rings is 1. The fourth-order valence-corrected chi connectivity index (χ4v) is 2.23. The molecule has 0 aliphatic heterocycles. The van der Waals surface area contributed by atoms with Crippen LogP contribution in [0, 0.1) is 0 Å². The van der Waals surface area contributed by atoms with Crippen LogP contribution < -0.4 is 0 Å². The molecular weight excluding hydrogens is 184 g/mol. The lowest BCUT2D eigenvalue weighted by Crippen LogP contribution is -1.88. The smallest absolute Gasteiger partial charge is 0.122 e. The average molecular weight is 196 g/mol. The summed E-state index contributed by atoms with van der Waals surface area (Å²) >= 11 is 0. The molecular formula is C14H12O. The first-order chi connectivity index (χ1) is 7.38. The summed E-state index contributed by atoms with van der Waals surface area (Å²) in [5.74, 6) is 1.03. The van der Waals surface area contributed by atoms with Crippen molar-refractivity contribution in [2.75, 3.05) is 7.11 Å². The molecule has 1 aromatic rings. The van der Waals surface area contributed by atoms with E-state index in [1.165, 1.54) is 22.3 Å². The second-order valence-electron chi connectivity index (χ2n) is 3.86. The Labute approximate surface area is 89.4 Å². The zero-order valence-electron chi connectivity index (χ0n) is 8.66. The van der Waals surface area contributed by atoms with Gasteiger partial charge in [0.05, 0.1) is 7.11 Å². The van der Waals surface area contributed by atoms with E-state index >= 15 is 0 Å². The summed E-state index contributed by atoms with van der Waals surface area (Å²) in [6, 6.07) is 10.5. The molecule has 0 amide bonds. The van der Waals surface area contributed by atoms with Crippen LogP contribution in [0.1, 0.15) is 12.0 Å². The van der Waals surface area contributed by atoms with Crippen LogP contribution in [-0.2, 0) is 4.74 Å². The molecule has 3 rings (SSSR count). The van der Waals surface area contributed by atoms with Crippen molar-refractivity contribution < 1.29 is 4.74 Å². The SMILES string of the molecule is COC1=CC2=C(c3ccccc3)C=C1C2. The number of hydrogen-bond donors (Lipinski definition) is 0. The lowest BCUT2D eigenvalue weighted by molar-refractivity contribution is 0.302. The fraction of sp³-hybridized carbons (Fsp3) is 0.143.